The quantitative estimate of drug-likeness (QED) is 0.728. The zero-order valence-corrected chi connectivity index (χ0v) is 11.0. The van der Waals surface area contributed by atoms with E-state index in [1.165, 1.54) is 45.3 Å². The molecule has 0 aromatic rings. The van der Waals surface area contributed by atoms with Gasteiger partial charge >= 0.3 is 0 Å². The van der Waals surface area contributed by atoms with E-state index in [1.54, 1.807) is 0 Å². The van der Waals surface area contributed by atoms with Crippen molar-refractivity contribution in [3.05, 3.63) is 0 Å². The average Bonchev–Trinajstić information content (AvgIpc) is 2.73. The Morgan fingerprint density at radius 3 is 2.20 bits per heavy atom. The van der Waals surface area contributed by atoms with Crippen LogP contribution in [0.4, 0.5) is 0 Å². The lowest BCUT2D eigenvalue weighted by atomic mass is 9.79. The predicted octanol–water partition coefficient (Wildman–Crippen LogP) is 2.50. The van der Waals surface area contributed by atoms with Gasteiger partial charge in [0.2, 0.25) is 0 Å². The molecule has 1 rings (SSSR count). The minimum Gasteiger partial charge on any atom is -0.316 e. The number of nitrogens with one attached hydrogen (secondary N) is 1. The third kappa shape index (κ3) is 3.18. The molecule has 0 aliphatic carbocycles. The molecule has 0 amide bonds. The fourth-order valence-corrected chi connectivity index (χ4v) is 2.77. The highest BCUT2D eigenvalue weighted by atomic mass is 15.2. The van der Waals surface area contributed by atoms with Crippen molar-refractivity contribution in [1.82, 2.24) is 10.2 Å². The van der Waals surface area contributed by atoms with E-state index in [-0.39, 0.29) is 0 Å². The largest absolute Gasteiger partial charge is 0.316 e. The summed E-state index contributed by atoms with van der Waals surface area (Å²) in [6, 6.07) is 0.730. The summed E-state index contributed by atoms with van der Waals surface area (Å²) < 4.78 is 0. The average molecular weight is 212 g/mol. The molecule has 1 atom stereocenters. The fourth-order valence-electron chi connectivity index (χ4n) is 2.77. The lowest BCUT2D eigenvalue weighted by Crippen LogP contribution is -2.37. The van der Waals surface area contributed by atoms with Crippen LogP contribution in [0, 0.1) is 5.41 Å². The van der Waals surface area contributed by atoms with Crippen LogP contribution in [-0.4, -0.2) is 37.6 Å². The topological polar surface area (TPSA) is 15.3 Å². The van der Waals surface area contributed by atoms with Gasteiger partial charge in [-0.15, -0.1) is 0 Å². The van der Waals surface area contributed by atoms with Crippen molar-refractivity contribution in [2.24, 2.45) is 5.41 Å². The minimum atomic E-state index is 0.572. The molecule has 1 heterocycles. The Kier molecular flexibility index (Phi) is 5.07. The predicted molar refractivity (Wildman–Crippen MR) is 67.2 cm³/mol. The summed E-state index contributed by atoms with van der Waals surface area (Å²) in [7, 11) is 2.08. The van der Waals surface area contributed by atoms with Crippen molar-refractivity contribution < 1.29 is 0 Å². The van der Waals surface area contributed by atoms with Crippen LogP contribution in [0.3, 0.4) is 0 Å². The number of likely N-dealkylation sites (N-methyl/N-ethyl adjacent to an activating group) is 1. The van der Waals surface area contributed by atoms with Crippen LogP contribution >= 0.6 is 0 Å². The number of rotatable bonds is 6. The smallest absolute Gasteiger partial charge is 0.0204 e. The van der Waals surface area contributed by atoms with Gasteiger partial charge in [0.1, 0.15) is 0 Å². The first-order valence-electron chi connectivity index (χ1n) is 6.59. The van der Waals surface area contributed by atoms with Crippen molar-refractivity contribution in [3.63, 3.8) is 0 Å². The molecule has 1 saturated heterocycles. The molecule has 1 unspecified atom stereocenters. The van der Waals surface area contributed by atoms with Crippen LogP contribution in [0.1, 0.15) is 46.5 Å². The molecule has 90 valence electrons. The van der Waals surface area contributed by atoms with Gasteiger partial charge in [0, 0.05) is 19.1 Å². The molecule has 1 aliphatic heterocycles. The number of hydrogen-bond acceptors (Lipinski definition) is 2. The Hall–Kier alpha value is -0.0800. The molecular weight excluding hydrogens is 184 g/mol. The molecule has 1 fully saturated rings. The van der Waals surface area contributed by atoms with E-state index >= 15 is 0 Å². The zero-order valence-electron chi connectivity index (χ0n) is 11.0. The Bertz CT molecular complexity index is 167. The summed E-state index contributed by atoms with van der Waals surface area (Å²) in [4.78, 5) is 2.65. The highest BCUT2D eigenvalue weighted by molar-refractivity contribution is 4.86. The summed E-state index contributed by atoms with van der Waals surface area (Å²) in [5, 5.41) is 3.39. The van der Waals surface area contributed by atoms with Crippen molar-refractivity contribution in [3.8, 4) is 0 Å². The van der Waals surface area contributed by atoms with Crippen molar-refractivity contribution in [2.75, 3.05) is 26.7 Å². The first-order chi connectivity index (χ1) is 7.19. The van der Waals surface area contributed by atoms with E-state index in [1.807, 2.05) is 0 Å². The second-order valence-corrected chi connectivity index (χ2v) is 5.07. The molecule has 2 nitrogen and oxygen atoms in total. The van der Waals surface area contributed by atoms with E-state index in [0.717, 1.165) is 6.04 Å². The van der Waals surface area contributed by atoms with Crippen molar-refractivity contribution in [1.29, 1.82) is 0 Å². The van der Waals surface area contributed by atoms with Crippen molar-refractivity contribution in [2.45, 2.75) is 52.5 Å². The monoisotopic (exact) mass is 212 g/mol. The molecule has 1 aliphatic rings. The maximum absolute atomic E-state index is 3.39. The van der Waals surface area contributed by atoms with E-state index in [2.05, 4.69) is 38.0 Å². The fraction of sp³-hybridized carbons (Fsp3) is 1.00. The van der Waals surface area contributed by atoms with Crippen LogP contribution in [0.2, 0.25) is 0 Å². The van der Waals surface area contributed by atoms with Gasteiger partial charge in [0.25, 0.3) is 0 Å². The first-order valence-corrected chi connectivity index (χ1v) is 6.59. The molecule has 0 radical (unpaired) electrons. The molecule has 0 aromatic carbocycles. The summed E-state index contributed by atoms with van der Waals surface area (Å²) in [6.45, 7) is 10.9. The summed E-state index contributed by atoms with van der Waals surface area (Å²) in [5.41, 5.74) is 0.572. The lowest BCUT2D eigenvalue weighted by Gasteiger charge is -2.35. The van der Waals surface area contributed by atoms with E-state index in [9.17, 15) is 0 Å². The number of likely N-dealkylation sites (tertiary alicyclic amines) is 1. The second-order valence-electron chi connectivity index (χ2n) is 5.07. The Morgan fingerprint density at radius 2 is 1.80 bits per heavy atom. The van der Waals surface area contributed by atoms with Gasteiger partial charge in [-0.05, 0) is 44.7 Å². The molecule has 1 N–H and O–H groups in total. The van der Waals surface area contributed by atoms with E-state index in [4.69, 9.17) is 0 Å². The standard InChI is InChI=1S/C13H28N2/c1-5-13(6-2,7-3)11-15-9-8-12(10-15)14-4/h12,14H,5-11H2,1-4H3. The highest BCUT2D eigenvalue weighted by Gasteiger charge is 2.30. The lowest BCUT2D eigenvalue weighted by molar-refractivity contribution is 0.151. The molecule has 0 aromatic heterocycles. The maximum atomic E-state index is 3.39. The Balaban J connectivity index is 2.45. The van der Waals surface area contributed by atoms with Crippen LogP contribution in [0.25, 0.3) is 0 Å². The van der Waals surface area contributed by atoms with Gasteiger partial charge in [0.15, 0.2) is 0 Å². The molecular formula is C13H28N2. The first kappa shape index (κ1) is 13.0. The Morgan fingerprint density at radius 1 is 1.20 bits per heavy atom. The zero-order chi connectivity index (χ0) is 11.3. The highest BCUT2D eigenvalue weighted by Crippen LogP contribution is 2.32. The van der Waals surface area contributed by atoms with Crippen LogP contribution in [-0.2, 0) is 0 Å². The SMILES string of the molecule is CCC(CC)(CC)CN1CCC(NC)C1. The Labute approximate surface area is 95.4 Å². The van der Waals surface area contributed by atoms with Crippen LogP contribution in [0.15, 0.2) is 0 Å². The van der Waals surface area contributed by atoms with E-state index in [0.29, 0.717) is 5.41 Å². The van der Waals surface area contributed by atoms with Gasteiger partial charge < -0.3 is 10.2 Å². The maximum Gasteiger partial charge on any atom is 0.0204 e. The molecule has 2 heteroatoms. The van der Waals surface area contributed by atoms with Gasteiger partial charge in [-0.25, -0.2) is 0 Å². The summed E-state index contributed by atoms with van der Waals surface area (Å²) in [5.74, 6) is 0. The van der Waals surface area contributed by atoms with Gasteiger partial charge in [-0.2, -0.15) is 0 Å². The molecule has 0 spiro atoms. The van der Waals surface area contributed by atoms with Gasteiger partial charge in [-0.3, -0.25) is 0 Å². The third-order valence-electron chi connectivity index (χ3n) is 4.49. The van der Waals surface area contributed by atoms with Gasteiger partial charge in [0.05, 0.1) is 0 Å². The normalized spacial score (nSPS) is 23.6. The van der Waals surface area contributed by atoms with Crippen LogP contribution in [0.5, 0.6) is 0 Å². The second kappa shape index (κ2) is 5.86. The summed E-state index contributed by atoms with van der Waals surface area (Å²) in [6.07, 6.45) is 5.28. The number of hydrogen-bond donors (Lipinski definition) is 1. The van der Waals surface area contributed by atoms with Gasteiger partial charge in [-0.1, -0.05) is 20.8 Å². The van der Waals surface area contributed by atoms with Crippen LogP contribution < -0.4 is 5.32 Å². The molecule has 15 heavy (non-hydrogen) atoms. The van der Waals surface area contributed by atoms with E-state index < -0.39 is 0 Å². The van der Waals surface area contributed by atoms with Crippen molar-refractivity contribution >= 4 is 0 Å². The number of nitrogens with zero attached hydrogens (tertiary/aromatic N) is 1. The third-order valence-corrected chi connectivity index (χ3v) is 4.49. The minimum absolute atomic E-state index is 0.572. The summed E-state index contributed by atoms with van der Waals surface area (Å²) >= 11 is 0. The molecule has 0 bridgehead atoms. The molecule has 0 saturated carbocycles.